The van der Waals surface area contributed by atoms with Crippen LogP contribution >= 0.6 is 0 Å². The maximum Gasteiger partial charge on any atom is 0.453 e. The molecule has 88 valence electrons. The summed E-state index contributed by atoms with van der Waals surface area (Å²) in [6, 6.07) is 0.702. The second-order valence-corrected chi connectivity index (χ2v) is 4.43. The third-order valence-corrected chi connectivity index (χ3v) is 3.41. The van der Waals surface area contributed by atoms with Gasteiger partial charge in [0.15, 0.2) is 0 Å². The molecule has 2 N–H and O–H groups in total. The molecular weight excluding hydrogens is 221 g/mol. The number of rotatable bonds is 1. The maximum absolute atomic E-state index is 12.3. The Kier molecular flexibility index (Phi) is 2.01. The van der Waals surface area contributed by atoms with Gasteiger partial charge in [0.2, 0.25) is 0 Å². The lowest BCUT2D eigenvalue weighted by Gasteiger charge is -2.16. The van der Waals surface area contributed by atoms with Gasteiger partial charge in [-0.2, -0.15) is 13.2 Å². The van der Waals surface area contributed by atoms with Crippen molar-refractivity contribution in [3.8, 4) is 0 Å². The number of hydrogen-bond acceptors (Lipinski definition) is 3. The topological polar surface area (TPSA) is 53.6 Å². The molecular formula is C9H11F3N4. The fourth-order valence-corrected chi connectivity index (χ4v) is 2.69. The summed E-state index contributed by atoms with van der Waals surface area (Å²) in [5.41, 5.74) is 0. The first-order valence-corrected chi connectivity index (χ1v) is 5.29. The molecule has 2 aliphatic heterocycles. The van der Waals surface area contributed by atoms with E-state index in [1.54, 1.807) is 0 Å². The Morgan fingerprint density at radius 2 is 2.06 bits per heavy atom. The van der Waals surface area contributed by atoms with Crippen LogP contribution in [0.2, 0.25) is 0 Å². The van der Waals surface area contributed by atoms with E-state index in [1.165, 1.54) is 0 Å². The van der Waals surface area contributed by atoms with Crippen molar-refractivity contribution in [2.75, 3.05) is 0 Å². The van der Waals surface area contributed by atoms with Crippen LogP contribution in [0.1, 0.15) is 36.8 Å². The summed E-state index contributed by atoms with van der Waals surface area (Å²) in [6.45, 7) is 0. The molecule has 3 unspecified atom stereocenters. The van der Waals surface area contributed by atoms with Gasteiger partial charge in [-0.3, -0.25) is 5.10 Å². The smallest absolute Gasteiger partial charge is 0.310 e. The first-order chi connectivity index (χ1) is 7.54. The summed E-state index contributed by atoms with van der Waals surface area (Å²) in [5, 5.41) is 9.00. The molecule has 1 aromatic heterocycles. The minimum absolute atomic E-state index is 0.0577. The largest absolute Gasteiger partial charge is 0.453 e. The highest BCUT2D eigenvalue weighted by Crippen LogP contribution is 2.39. The monoisotopic (exact) mass is 232 g/mol. The van der Waals surface area contributed by atoms with E-state index in [4.69, 9.17) is 0 Å². The number of hydrogen-bond donors (Lipinski definition) is 2. The number of nitrogens with zero attached hydrogens (tertiary/aromatic N) is 2. The second-order valence-electron chi connectivity index (χ2n) is 4.43. The number of H-pyrrole nitrogens is 1. The van der Waals surface area contributed by atoms with Crippen molar-refractivity contribution < 1.29 is 13.2 Å². The van der Waals surface area contributed by atoms with Crippen LogP contribution in [0.3, 0.4) is 0 Å². The number of nitrogens with one attached hydrogen (secondary N) is 2. The van der Waals surface area contributed by atoms with Crippen LogP contribution in [0.4, 0.5) is 13.2 Å². The Morgan fingerprint density at radius 1 is 1.25 bits per heavy atom. The van der Waals surface area contributed by atoms with Crippen molar-refractivity contribution in [3.05, 3.63) is 11.6 Å². The van der Waals surface area contributed by atoms with Gasteiger partial charge in [-0.15, -0.1) is 5.10 Å². The van der Waals surface area contributed by atoms with Crippen molar-refractivity contribution in [1.29, 1.82) is 0 Å². The number of halogens is 3. The molecule has 7 heteroatoms. The number of fused-ring (bicyclic) bond motifs is 2. The van der Waals surface area contributed by atoms with E-state index in [9.17, 15) is 13.2 Å². The average Bonchev–Trinajstić information content (AvgIpc) is 2.92. The summed E-state index contributed by atoms with van der Waals surface area (Å²) in [6.07, 6.45) is -1.48. The molecule has 4 nitrogen and oxygen atoms in total. The minimum Gasteiger partial charge on any atom is -0.310 e. The maximum atomic E-state index is 12.3. The molecule has 2 saturated heterocycles. The lowest BCUT2D eigenvalue weighted by atomic mass is 9.89. The SMILES string of the molecule is FC(F)(F)c1n[nH]c(C2CC3CCC2N3)n1. The fourth-order valence-electron chi connectivity index (χ4n) is 2.69. The van der Waals surface area contributed by atoms with Gasteiger partial charge >= 0.3 is 6.18 Å². The van der Waals surface area contributed by atoms with E-state index in [2.05, 4.69) is 20.5 Å². The molecule has 0 saturated carbocycles. The summed E-state index contributed by atoms with van der Waals surface area (Å²) in [7, 11) is 0. The van der Waals surface area contributed by atoms with Crippen molar-refractivity contribution in [3.63, 3.8) is 0 Å². The van der Waals surface area contributed by atoms with E-state index < -0.39 is 12.0 Å². The Hall–Kier alpha value is -1.11. The normalized spacial score (nSPS) is 33.6. The quantitative estimate of drug-likeness (QED) is 0.770. The standard InChI is InChI=1S/C9H11F3N4/c10-9(11,12)8-14-7(15-16-8)5-3-4-1-2-6(5)13-4/h4-6,13H,1-3H2,(H,14,15,16). The van der Waals surface area contributed by atoms with Crippen LogP contribution in [0.5, 0.6) is 0 Å². The van der Waals surface area contributed by atoms with Crippen LogP contribution in [0.15, 0.2) is 0 Å². The highest BCUT2D eigenvalue weighted by molar-refractivity contribution is 5.12. The lowest BCUT2D eigenvalue weighted by Crippen LogP contribution is -2.22. The number of aromatic amines is 1. The molecule has 0 amide bonds. The third kappa shape index (κ3) is 1.50. The first kappa shape index (κ1) is 10.1. The summed E-state index contributed by atoms with van der Waals surface area (Å²) in [4.78, 5) is 3.55. The van der Waals surface area contributed by atoms with Gasteiger partial charge in [0.1, 0.15) is 5.82 Å². The van der Waals surface area contributed by atoms with E-state index in [0.717, 1.165) is 19.3 Å². The lowest BCUT2D eigenvalue weighted by molar-refractivity contribution is -0.144. The molecule has 3 heterocycles. The Labute approximate surface area is 89.6 Å². The van der Waals surface area contributed by atoms with Gasteiger partial charge in [-0.1, -0.05) is 0 Å². The molecule has 0 spiro atoms. The van der Waals surface area contributed by atoms with Crippen LogP contribution < -0.4 is 5.32 Å². The van der Waals surface area contributed by atoms with Gasteiger partial charge in [0, 0.05) is 18.0 Å². The van der Waals surface area contributed by atoms with Gasteiger partial charge in [0.25, 0.3) is 5.82 Å². The highest BCUT2D eigenvalue weighted by atomic mass is 19.4. The van der Waals surface area contributed by atoms with Crippen LogP contribution in [-0.2, 0) is 6.18 Å². The van der Waals surface area contributed by atoms with Crippen molar-refractivity contribution >= 4 is 0 Å². The molecule has 0 aromatic carbocycles. The van der Waals surface area contributed by atoms with Gasteiger partial charge in [0.05, 0.1) is 0 Å². The summed E-state index contributed by atoms with van der Waals surface area (Å²) < 4.78 is 36.9. The predicted octanol–water partition coefficient (Wildman–Crippen LogP) is 1.43. The first-order valence-electron chi connectivity index (χ1n) is 5.29. The third-order valence-electron chi connectivity index (χ3n) is 3.41. The molecule has 2 fully saturated rings. The Morgan fingerprint density at radius 3 is 2.56 bits per heavy atom. The van der Waals surface area contributed by atoms with E-state index in [1.807, 2.05) is 0 Å². The predicted molar refractivity (Wildman–Crippen MR) is 48.7 cm³/mol. The molecule has 2 aliphatic rings. The number of alkyl halides is 3. The molecule has 0 radical (unpaired) electrons. The highest BCUT2D eigenvalue weighted by Gasteiger charge is 2.43. The molecule has 2 bridgehead atoms. The molecule has 1 aromatic rings. The van der Waals surface area contributed by atoms with Crippen molar-refractivity contribution in [2.45, 2.75) is 43.4 Å². The Balaban J connectivity index is 1.83. The van der Waals surface area contributed by atoms with Gasteiger partial charge < -0.3 is 5.32 Å². The van der Waals surface area contributed by atoms with E-state index >= 15 is 0 Å². The summed E-state index contributed by atoms with van der Waals surface area (Å²) in [5.74, 6) is -0.639. The molecule has 0 aliphatic carbocycles. The molecule has 16 heavy (non-hydrogen) atoms. The zero-order valence-electron chi connectivity index (χ0n) is 8.38. The molecule has 3 rings (SSSR count). The van der Waals surface area contributed by atoms with Crippen LogP contribution in [-0.4, -0.2) is 27.3 Å². The summed E-state index contributed by atoms with van der Waals surface area (Å²) >= 11 is 0. The number of aromatic nitrogens is 3. The zero-order chi connectivity index (χ0) is 11.3. The van der Waals surface area contributed by atoms with E-state index in [-0.39, 0.29) is 12.0 Å². The van der Waals surface area contributed by atoms with Crippen LogP contribution in [0.25, 0.3) is 0 Å². The Bertz CT molecular complexity index is 400. The fraction of sp³-hybridized carbons (Fsp3) is 0.778. The van der Waals surface area contributed by atoms with Crippen LogP contribution in [0, 0.1) is 0 Å². The van der Waals surface area contributed by atoms with Crippen molar-refractivity contribution in [2.24, 2.45) is 0 Å². The van der Waals surface area contributed by atoms with Gasteiger partial charge in [-0.05, 0) is 19.3 Å². The average molecular weight is 232 g/mol. The zero-order valence-corrected chi connectivity index (χ0v) is 8.38. The van der Waals surface area contributed by atoms with Gasteiger partial charge in [-0.25, -0.2) is 4.98 Å². The minimum atomic E-state index is -4.46. The van der Waals surface area contributed by atoms with E-state index in [0.29, 0.717) is 11.9 Å². The second kappa shape index (κ2) is 3.19. The molecule has 3 atom stereocenters. The van der Waals surface area contributed by atoms with Crippen molar-refractivity contribution in [1.82, 2.24) is 20.5 Å².